The summed E-state index contributed by atoms with van der Waals surface area (Å²) in [6.45, 7) is 6.72. The van der Waals surface area contributed by atoms with Gasteiger partial charge < -0.3 is 5.32 Å². The number of halogens is 3. The number of Topliss-reactive ketones (excluding diaryl/α,β-unsaturated/α-hetero) is 1. The van der Waals surface area contributed by atoms with E-state index in [0.29, 0.717) is 5.56 Å². The molecule has 0 aromatic heterocycles. The zero-order valence-corrected chi connectivity index (χ0v) is 15.6. The van der Waals surface area contributed by atoms with E-state index in [9.17, 15) is 22.8 Å². The minimum absolute atomic E-state index is 0.0866. The van der Waals surface area contributed by atoms with E-state index in [-0.39, 0.29) is 11.5 Å². The molecule has 0 saturated heterocycles. The lowest BCUT2D eigenvalue weighted by atomic mass is 9.82. The first-order valence-corrected chi connectivity index (χ1v) is 8.46. The summed E-state index contributed by atoms with van der Waals surface area (Å²) < 4.78 is 38.3. The molecule has 0 fully saturated rings. The Morgan fingerprint density at radius 3 is 1.74 bits per heavy atom. The topological polar surface area (TPSA) is 46.2 Å². The normalized spacial score (nSPS) is 14.3. The number of hydrogen-bond acceptors (Lipinski definition) is 2. The molecule has 0 saturated carbocycles. The van der Waals surface area contributed by atoms with Crippen LogP contribution < -0.4 is 5.32 Å². The second-order valence-electron chi connectivity index (χ2n) is 7.60. The van der Waals surface area contributed by atoms with Crippen LogP contribution >= 0.6 is 0 Å². The summed E-state index contributed by atoms with van der Waals surface area (Å²) >= 11 is 0. The van der Waals surface area contributed by atoms with Crippen molar-refractivity contribution >= 4 is 11.7 Å². The zero-order chi connectivity index (χ0) is 20.5. The Labute approximate surface area is 156 Å². The number of hydrogen-bond donors (Lipinski definition) is 1. The van der Waals surface area contributed by atoms with Gasteiger partial charge in [0.25, 0.3) is 0 Å². The van der Waals surface area contributed by atoms with E-state index < -0.39 is 28.5 Å². The van der Waals surface area contributed by atoms with Crippen molar-refractivity contribution in [2.75, 3.05) is 0 Å². The van der Waals surface area contributed by atoms with Gasteiger partial charge in [-0.15, -0.1) is 0 Å². The second kappa shape index (κ2) is 7.18. The van der Waals surface area contributed by atoms with Gasteiger partial charge in [-0.2, -0.15) is 13.2 Å². The molecule has 0 spiro atoms. The summed E-state index contributed by atoms with van der Waals surface area (Å²) in [6.07, 6.45) is -4.48. The van der Waals surface area contributed by atoms with Crippen molar-refractivity contribution in [3.8, 4) is 0 Å². The third kappa shape index (κ3) is 4.56. The summed E-state index contributed by atoms with van der Waals surface area (Å²) in [5.74, 6) is -0.825. The Kier molecular flexibility index (Phi) is 5.50. The van der Waals surface area contributed by atoms with E-state index in [1.165, 1.54) is 0 Å². The minimum atomic E-state index is -4.48. The number of nitrogens with one attached hydrogen (secondary N) is 1. The van der Waals surface area contributed by atoms with Crippen molar-refractivity contribution in [3.05, 3.63) is 71.3 Å². The number of rotatable bonds is 4. The van der Waals surface area contributed by atoms with Crippen LogP contribution in [0.1, 0.15) is 49.2 Å². The summed E-state index contributed by atoms with van der Waals surface area (Å²) in [5.41, 5.74) is -2.35. The highest BCUT2D eigenvalue weighted by Gasteiger charge is 2.40. The number of carbonyl (C=O) groups excluding carboxylic acids is 2. The van der Waals surface area contributed by atoms with Gasteiger partial charge in [-0.05, 0) is 24.6 Å². The molecule has 6 heteroatoms. The van der Waals surface area contributed by atoms with Gasteiger partial charge in [-0.25, -0.2) is 0 Å². The first-order valence-electron chi connectivity index (χ1n) is 8.46. The smallest absolute Gasteiger partial charge is 0.339 e. The summed E-state index contributed by atoms with van der Waals surface area (Å²) in [5, 5.41) is 2.78. The van der Waals surface area contributed by atoms with Gasteiger partial charge in [0, 0.05) is 11.0 Å². The average molecular weight is 377 g/mol. The predicted molar refractivity (Wildman–Crippen MR) is 97.2 cm³/mol. The molecule has 0 heterocycles. The van der Waals surface area contributed by atoms with E-state index in [2.05, 4.69) is 5.32 Å². The molecule has 27 heavy (non-hydrogen) atoms. The molecule has 0 aliphatic carbocycles. The quantitative estimate of drug-likeness (QED) is 0.765. The van der Waals surface area contributed by atoms with Crippen LogP contribution in [-0.2, 0) is 16.5 Å². The molecule has 1 N–H and O–H groups in total. The second-order valence-corrected chi connectivity index (χ2v) is 7.60. The van der Waals surface area contributed by atoms with Crippen molar-refractivity contribution in [2.45, 2.75) is 39.4 Å². The van der Waals surface area contributed by atoms with Crippen LogP contribution in [0.2, 0.25) is 0 Å². The molecule has 2 aromatic carbocycles. The molecule has 0 aliphatic rings. The van der Waals surface area contributed by atoms with Gasteiger partial charge in [0.05, 0.1) is 5.56 Å². The lowest BCUT2D eigenvalue weighted by molar-refractivity contribution is -0.137. The Morgan fingerprint density at radius 2 is 1.30 bits per heavy atom. The number of carbonyl (C=O) groups is 2. The van der Waals surface area contributed by atoms with Crippen molar-refractivity contribution in [1.29, 1.82) is 0 Å². The van der Waals surface area contributed by atoms with Gasteiger partial charge in [-0.1, -0.05) is 63.2 Å². The minimum Gasteiger partial charge on any atom is -0.339 e. The Hall–Kier alpha value is -2.63. The molecule has 1 amide bonds. The lowest BCUT2D eigenvalue weighted by Gasteiger charge is -2.33. The summed E-state index contributed by atoms with van der Waals surface area (Å²) in [7, 11) is 0. The molecule has 0 bridgehead atoms. The zero-order valence-electron chi connectivity index (χ0n) is 15.6. The third-order valence-electron chi connectivity index (χ3n) is 4.32. The average Bonchev–Trinajstić information content (AvgIpc) is 2.60. The van der Waals surface area contributed by atoms with Crippen LogP contribution in [0.4, 0.5) is 13.2 Å². The molecular weight excluding hydrogens is 355 g/mol. The van der Waals surface area contributed by atoms with E-state index in [1.54, 1.807) is 58.0 Å². The molecule has 0 radical (unpaired) electrons. The predicted octanol–water partition coefficient (Wildman–Crippen LogP) is 4.97. The highest BCUT2D eigenvalue weighted by molar-refractivity contribution is 6.05. The molecule has 144 valence electrons. The van der Waals surface area contributed by atoms with Crippen LogP contribution in [-0.4, -0.2) is 11.7 Å². The Bertz CT molecular complexity index is 821. The van der Waals surface area contributed by atoms with Crippen molar-refractivity contribution in [3.63, 3.8) is 0 Å². The van der Waals surface area contributed by atoms with Crippen molar-refractivity contribution in [1.82, 2.24) is 5.32 Å². The fraction of sp³-hybridized carbons (Fsp3) is 0.333. The van der Waals surface area contributed by atoms with Crippen LogP contribution in [0.5, 0.6) is 0 Å². The lowest BCUT2D eigenvalue weighted by Crippen LogP contribution is -2.52. The van der Waals surface area contributed by atoms with Gasteiger partial charge in [0.15, 0.2) is 5.78 Å². The molecule has 0 unspecified atom stereocenters. The maximum Gasteiger partial charge on any atom is 0.416 e. The first kappa shape index (κ1) is 20.7. The molecule has 1 atom stereocenters. The van der Waals surface area contributed by atoms with E-state index in [4.69, 9.17) is 0 Å². The number of ketones is 1. The van der Waals surface area contributed by atoms with Gasteiger partial charge in [0.1, 0.15) is 5.54 Å². The molecule has 2 rings (SSSR count). The van der Waals surface area contributed by atoms with Crippen LogP contribution in [0, 0.1) is 5.41 Å². The van der Waals surface area contributed by atoms with Crippen molar-refractivity contribution in [2.24, 2.45) is 5.41 Å². The molecule has 2 aromatic rings. The number of alkyl halides is 3. The highest BCUT2D eigenvalue weighted by atomic mass is 19.4. The van der Waals surface area contributed by atoms with Crippen LogP contribution in [0.25, 0.3) is 0 Å². The molecule has 0 aliphatic heterocycles. The Balaban J connectivity index is 2.47. The number of amides is 1. The van der Waals surface area contributed by atoms with Gasteiger partial charge >= 0.3 is 6.18 Å². The standard InChI is InChI=1S/C21H22F3NO2/c1-19(2,3)18(27)25-20(4,15-8-6-5-7-9-15)17(26)14-10-12-16(13-11-14)21(22,23)24/h5-13H,1-4H3,(H,25,27)/t20-/m0/s1. The van der Waals surface area contributed by atoms with Crippen LogP contribution in [0.15, 0.2) is 54.6 Å². The van der Waals surface area contributed by atoms with Gasteiger partial charge in [-0.3, -0.25) is 9.59 Å². The largest absolute Gasteiger partial charge is 0.416 e. The monoisotopic (exact) mass is 377 g/mol. The third-order valence-corrected chi connectivity index (χ3v) is 4.32. The fourth-order valence-electron chi connectivity index (χ4n) is 2.55. The van der Waals surface area contributed by atoms with E-state index >= 15 is 0 Å². The number of benzene rings is 2. The molecular formula is C21H22F3NO2. The highest BCUT2D eigenvalue weighted by Crippen LogP contribution is 2.31. The SMILES string of the molecule is CC(C)(C)C(=O)N[C@](C)(C(=O)c1ccc(C(F)(F)F)cc1)c1ccccc1. The van der Waals surface area contributed by atoms with E-state index in [0.717, 1.165) is 24.3 Å². The van der Waals surface area contributed by atoms with Gasteiger partial charge in [0.2, 0.25) is 5.91 Å². The Morgan fingerprint density at radius 1 is 0.778 bits per heavy atom. The van der Waals surface area contributed by atoms with Crippen LogP contribution in [0.3, 0.4) is 0 Å². The summed E-state index contributed by atoms with van der Waals surface area (Å²) in [4.78, 5) is 25.8. The van der Waals surface area contributed by atoms with E-state index in [1.807, 2.05) is 0 Å². The first-order chi connectivity index (χ1) is 12.4. The van der Waals surface area contributed by atoms with Crippen molar-refractivity contribution < 1.29 is 22.8 Å². The summed E-state index contributed by atoms with van der Waals surface area (Å²) in [6, 6.07) is 12.6. The fourth-order valence-corrected chi connectivity index (χ4v) is 2.55. The molecule has 3 nitrogen and oxygen atoms in total. The maximum atomic E-state index is 13.2. The maximum absolute atomic E-state index is 13.2.